The fourth-order valence-corrected chi connectivity index (χ4v) is 2.65. The monoisotopic (exact) mass is 431 g/mol. The lowest BCUT2D eigenvalue weighted by Gasteiger charge is -2.16. The van der Waals surface area contributed by atoms with Crippen LogP contribution in [0.1, 0.15) is 47.4 Å². The molecule has 1 unspecified atom stereocenters. The highest BCUT2D eigenvalue weighted by Crippen LogP contribution is 2.13. The molecule has 0 saturated heterocycles. The van der Waals surface area contributed by atoms with Crippen molar-refractivity contribution in [2.45, 2.75) is 33.4 Å². The van der Waals surface area contributed by atoms with Crippen LogP contribution in [-0.2, 0) is 11.3 Å². The molecule has 1 aromatic heterocycles. The molecule has 0 fully saturated rings. The average Bonchev–Trinajstić information content (AvgIpc) is 3.24. The van der Waals surface area contributed by atoms with E-state index >= 15 is 0 Å². The van der Waals surface area contributed by atoms with Gasteiger partial charge in [-0.05, 0) is 38.2 Å². The molecular formula is C20H25N5O6. The summed E-state index contributed by atoms with van der Waals surface area (Å²) in [6.07, 6.45) is 0. The molecule has 0 saturated carbocycles. The number of hydrogen-bond donors (Lipinski definition) is 3. The van der Waals surface area contributed by atoms with Crippen LogP contribution in [0.4, 0.5) is 5.69 Å². The van der Waals surface area contributed by atoms with E-state index in [1.165, 1.54) is 31.2 Å². The van der Waals surface area contributed by atoms with Gasteiger partial charge in [-0.1, -0.05) is 19.9 Å². The fraction of sp³-hybridized carbons (Fsp3) is 0.350. The predicted molar refractivity (Wildman–Crippen MR) is 111 cm³/mol. The number of nitro groups is 1. The van der Waals surface area contributed by atoms with E-state index in [4.69, 9.17) is 4.42 Å². The van der Waals surface area contributed by atoms with Crippen LogP contribution >= 0.6 is 0 Å². The fourth-order valence-electron chi connectivity index (χ4n) is 2.65. The molecule has 0 aliphatic heterocycles. The van der Waals surface area contributed by atoms with Crippen LogP contribution in [0.2, 0.25) is 0 Å². The highest BCUT2D eigenvalue weighted by Gasteiger charge is 2.20. The topological polar surface area (TPSA) is 147 Å². The Balaban J connectivity index is 1.87. The summed E-state index contributed by atoms with van der Waals surface area (Å²) in [6, 6.07) is 7.31. The van der Waals surface area contributed by atoms with Crippen molar-refractivity contribution in [3.8, 4) is 0 Å². The zero-order valence-electron chi connectivity index (χ0n) is 17.5. The summed E-state index contributed by atoms with van der Waals surface area (Å²) in [4.78, 5) is 48.9. The minimum absolute atomic E-state index is 0.0363. The van der Waals surface area contributed by atoms with Crippen molar-refractivity contribution < 1.29 is 23.7 Å². The van der Waals surface area contributed by atoms with Crippen LogP contribution in [0.3, 0.4) is 0 Å². The minimum atomic E-state index is -1.01. The number of hydrazine groups is 1. The van der Waals surface area contributed by atoms with E-state index < -0.39 is 28.7 Å². The Morgan fingerprint density at radius 2 is 1.81 bits per heavy atom. The number of nitrogens with zero attached hydrogens (tertiary/aromatic N) is 2. The molecule has 0 aliphatic carbocycles. The normalized spacial score (nSPS) is 11.6. The molecule has 0 spiro atoms. The van der Waals surface area contributed by atoms with E-state index in [-0.39, 0.29) is 17.0 Å². The standard InChI is InChI=1S/C20H25N5O6/c1-4-24(5-2)12-16-9-10-17(31-16)20(28)23-22-18(26)13(3)21-19(27)14-7-6-8-15(11-14)25(29)30/h6-11,13H,4-5,12H2,1-3H3,(H,21,27)(H,22,26)(H,23,28). The molecule has 11 heteroatoms. The van der Waals surface area contributed by atoms with E-state index in [0.29, 0.717) is 12.3 Å². The molecule has 11 nitrogen and oxygen atoms in total. The van der Waals surface area contributed by atoms with Crippen LogP contribution in [-0.4, -0.2) is 46.7 Å². The number of nitrogens with one attached hydrogen (secondary N) is 3. The Labute approximate surface area is 178 Å². The SMILES string of the molecule is CCN(CC)Cc1ccc(C(=O)NNC(=O)C(C)NC(=O)c2cccc([N+](=O)[O-])c2)o1. The van der Waals surface area contributed by atoms with Gasteiger partial charge in [-0.3, -0.25) is 40.2 Å². The summed E-state index contributed by atoms with van der Waals surface area (Å²) >= 11 is 0. The van der Waals surface area contributed by atoms with Gasteiger partial charge >= 0.3 is 5.91 Å². The van der Waals surface area contributed by atoms with Crippen molar-refractivity contribution in [3.63, 3.8) is 0 Å². The lowest BCUT2D eigenvalue weighted by Crippen LogP contribution is -2.51. The van der Waals surface area contributed by atoms with Crippen molar-refractivity contribution in [2.75, 3.05) is 13.1 Å². The van der Waals surface area contributed by atoms with Gasteiger partial charge in [-0.2, -0.15) is 0 Å². The number of nitro benzene ring substituents is 1. The lowest BCUT2D eigenvalue weighted by molar-refractivity contribution is -0.384. The molecule has 1 aromatic carbocycles. The lowest BCUT2D eigenvalue weighted by atomic mass is 10.2. The number of amides is 3. The van der Waals surface area contributed by atoms with Gasteiger partial charge in [0.25, 0.3) is 17.5 Å². The molecule has 1 heterocycles. The van der Waals surface area contributed by atoms with Gasteiger partial charge in [0.1, 0.15) is 11.8 Å². The van der Waals surface area contributed by atoms with Gasteiger partial charge < -0.3 is 9.73 Å². The highest BCUT2D eigenvalue weighted by atomic mass is 16.6. The van der Waals surface area contributed by atoms with Gasteiger partial charge in [-0.15, -0.1) is 0 Å². The number of carbonyl (C=O) groups is 3. The Morgan fingerprint density at radius 1 is 1.10 bits per heavy atom. The van der Waals surface area contributed by atoms with E-state index in [1.54, 1.807) is 6.07 Å². The first kappa shape index (κ1) is 23.5. The van der Waals surface area contributed by atoms with Gasteiger partial charge in [0.05, 0.1) is 11.5 Å². The van der Waals surface area contributed by atoms with E-state index in [2.05, 4.69) is 21.1 Å². The molecular weight excluding hydrogens is 406 g/mol. The minimum Gasteiger partial charge on any atom is -0.454 e. The first-order valence-electron chi connectivity index (χ1n) is 9.71. The van der Waals surface area contributed by atoms with Crippen LogP contribution in [0.25, 0.3) is 0 Å². The summed E-state index contributed by atoms with van der Waals surface area (Å²) in [5, 5.41) is 13.2. The summed E-state index contributed by atoms with van der Waals surface area (Å²) in [5.41, 5.74) is 4.23. The molecule has 0 aliphatic rings. The molecule has 1 atom stereocenters. The second-order valence-corrected chi connectivity index (χ2v) is 6.67. The van der Waals surface area contributed by atoms with E-state index in [1.807, 2.05) is 13.8 Å². The third-order valence-electron chi connectivity index (χ3n) is 4.52. The second-order valence-electron chi connectivity index (χ2n) is 6.67. The van der Waals surface area contributed by atoms with Crippen molar-refractivity contribution >= 4 is 23.4 Å². The number of rotatable bonds is 9. The summed E-state index contributed by atoms with van der Waals surface area (Å²) in [5.74, 6) is -1.32. The predicted octanol–water partition coefficient (Wildman–Crippen LogP) is 1.61. The number of non-ortho nitro benzene ring substituents is 1. The number of hydrogen-bond acceptors (Lipinski definition) is 7. The smallest absolute Gasteiger partial charge is 0.305 e. The maximum Gasteiger partial charge on any atom is 0.305 e. The van der Waals surface area contributed by atoms with Crippen LogP contribution in [0.15, 0.2) is 40.8 Å². The maximum absolute atomic E-state index is 12.2. The molecule has 3 amide bonds. The zero-order valence-corrected chi connectivity index (χ0v) is 17.5. The number of benzene rings is 1. The third-order valence-corrected chi connectivity index (χ3v) is 4.52. The molecule has 0 radical (unpaired) electrons. The quantitative estimate of drug-likeness (QED) is 0.404. The van der Waals surface area contributed by atoms with E-state index in [0.717, 1.165) is 19.2 Å². The second kappa shape index (κ2) is 10.9. The molecule has 166 valence electrons. The van der Waals surface area contributed by atoms with Crippen LogP contribution in [0.5, 0.6) is 0 Å². The molecule has 3 N–H and O–H groups in total. The Morgan fingerprint density at radius 3 is 2.45 bits per heavy atom. The third kappa shape index (κ3) is 6.64. The first-order chi connectivity index (χ1) is 14.7. The molecule has 2 rings (SSSR count). The van der Waals surface area contributed by atoms with Crippen molar-refractivity contribution in [1.82, 2.24) is 21.1 Å². The van der Waals surface area contributed by atoms with Gasteiger partial charge in [0.15, 0.2) is 5.76 Å². The van der Waals surface area contributed by atoms with Crippen molar-refractivity contribution in [1.29, 1.82) is 0 Å². The van der Waals surface area contributed by atoms with E-state index in [9.17, 15) is 24.5 Å². The van der Waals surface area contributed by atoms with Gasteiger partial charge in [0, 0.05) is 17.7 Å². The largest absolute Gasteiger partial charge is 0.454 e. The number of carbonyl (C=O) groups excluding carboxylic acids is 3. The van der Waals surface area contributed by atoms with Crippen molar-refractivity contribution in [3.05, 3.63) is 63.6 Å². The van der Waals surface area contributed by atoms with Crippen LogP contribution < -0.4 is 16.2 Å². The summed E-state index contributed by atoms with van der Waals surface area (Å²) in [6.45, 7) is 7.70. The summed E-state index contributed by atoms with van der Waals surface area (Å²) < 4.78 is 5.50. The average molecular weight is 431 g/mol. The highest BCUT2D eigenvalue weighted by molar-refractivity contribution is 5.98. The Bertz CT molecular complexity index is 953. The zero-order chi connectivity index (χ0) is 23.0. The molecule has 2 aromatic rings. The van der Waals surface area contributed by atoms with Gasteiger partial charge in [-0.25, -0.2) is 0 Å². The molecule has 0 bridgehead atoms. The Kier molecular flexibility index (Phi) is 8.26. The maximum atomic E-state index is 12.2. The number of furan rings is 1. The van der Waals surface area contributed by atoms with Crippen molar-refractivity contribution in [2.24, 2.45) is 0 Å². The molecule has 31 heavy (non-hydrogen) atoms. The van der Waals surface area contributed by atoms with Crippen LogP contribution in [0, 0.1) is 10.1 Å². The summed E-state index contributed by atoms with van der Waals surface area (Å²) in [7, 11) is 0. The van der Waals surface area contributed by atoms with Gasteiger partial charge in [0.2, 0.25) is 0 Å². The first-order valence-corrected chi connectivity index (χ1v) is 9.71. The Hall–Kier alpha value is -3.73.